The van der Waals surface area contributed by atoms with Gasteiger partial charge in [0.2, 0.25) is 5.91 Å². The summed E-state index contributed by atoms with van der Waals surface area (Å²) in [6.45, 7) is 2.88. The monoisotopic (exact) mass is 1320 g/mol. The molecule has 12 rings (SSSR count). The number of benzene rings is 6. The molecule has 26 nitrogen and oxygen atoms in total. The first-order chi connectivity index (χ1) is 47.1. The van der Waals surface area contributed by atoms with E-state index in [1.807, 2.05) is 121 Å². The Morgan fingerprint density at radius 3 is 1.28 bits per heavy atom. The molecule has 0 saturated carbocycles. The lowest BCUT2D eigenvalue weighted by molar-refractivity contribution is -0.385. The van der Waals surface area contributed by atoms with Crippen LogP contribution in [0.25, 0.3) is 12.2 Å². The second-order valence-corrected chi connectivity index (χ2v) is 23.9. The number of carbonyl (C=O) groups is 8. The maximum Gasteiger partial charge on any atom is 0.513 e. The molecule has 98 heavy (non-hydrogen) atoms. The van der Waals surface area contributed by atoms with Crippen molar-refractivity contribution in [1.82, 2.24) is 19.8 Å². The number of aromatic nitrogens is 2. The molecule has 0 aliphatic carbocycles. The molecule has 0 radical (unpaired) electrons. The number of primary amides is 2. The van der Waals surface area contributed by atoms with Crippen LogP contribution in [-0.2, 0) is 38.1 Å². The van der Waals surface area contributed by atoms with Crippen molar-refractivity contribution in [2.24, 2.45) is 22.3 Å². The van der Waals surface area contributed by atoms with Crippen LogP contribution < -0.4 is 20.9 Å². The quantitative estimate of drug-likeness (QED) is 0.0105. The molecule has 26 heteroatoms. The number of pyridine rings is 2. The van der Waals surface area contributed by atoms with Gasteiger partial charge in [-0.05, 0) is 95.8 Å². The predicted octanol–water partition coefficient (Wildman–Crippen LogP) is 10.0. The van der Waals surface area contributed by atoms with Crippen molar-refractivity contribution in [3.8, 4) is 11.5 Å². The number of β-lactam (4-membered cyclic amide) rings is 2. The number of amides is 4. The maximum absolute atomic E-state index is 14.4. The Labute approximate surface area is 558 Å². The van der Waals surface area contributed by atoms with E-state index in [1.165, 1.54) is 101 Å². The van der Waals surface area contributed by atoms with Gasteiger partial charge in [0.15, 0.2) is 12.2 Å². The molecular formula is C72H60N8O18. The number of ether oxygens (including phenoxy) is 6. The summed E-state index contributed by atoms with van der Waals surface area (Å²) in [6.07, 6.45) is 2.66. The lowest BCUT2D eigenvalue weighted by Crippen LogP contribution is -2.58. The van der Waals surface area contributed by atoms with Gasteiger partial charge in [-0.3, -0.25) is 44.6 Å². The van der Waals surface area contributed by atoms with E-state index in [0.29, 0.717) is 28.8 Å². The van der Waals surface area contributed by atoms with Crippen molar-refractivity contribution in [1.29, 1.82) is 0 Å². The Morgan fingerprint density at radius 1 is 0.531 bits per heavy atom. The number of nitrogens with two attached hydrogens (primary N) is 2. The number of nitrogens with zero attached hydrogens (tertiary/aromatic N) is 6. The van der Waals surface area contributed by atoms with E-state index in [4.69, 9.17) is 39.9 Å². The first-order valence-corrected chi connectivity index (χ1v) is 30.5. The number of non-ortho nitro benzene ring substituents is 2. The molecule has 4 N–H and O–H groups in total. The molecule has 4 aliphatic heterocycles. The summed E-state index contributed by atoms with van der Waals surface area (Å²) in [5, 5.41) is 22.0. The van der Waals surface area contributed by atoms with Crippen LogP contribution >= 0.6 is 0 Å². The number of nitro benzene ring substituents is 2. The molecule has 8 aromatic rings. The highest BCUT2D eigenvalue weighted by Crippen LogP contribution is 2.52. The third-order valence-corrected chi connectivity index (χ3v) is 17.1. The number of hydrogen-bond acceptors (Lipinski definition) is 20. The molecule has 2 aromatic heterocycles. The average molecular weight is 1330 g/mol. The van der Waals surface area contributed by atoms with E-state index in [9.17, 15) is 58.6 Å². The number of fused-ring (bicyclic) bond motifs is 2. The van der Waals surface area contributed by atoms with Gasteiger partial charge in [0.05, 0.1) is 38.9 Å². The molecule has 0 spiro atoms. The van der Waals surface area contributed by atoms with Crippen molar-refractivity contribution in [2.45, 2.75) is 63.1 Å². The Hall–Kier alpha value is -12.7. The van der Waals surface area contributed by atoms with Gasteiger partial charge in [-0.1, -0.05) is 135 Å². The van der Waals surface area contributed by atoms with Crippen LogP contribution in [0.4, 0.5) is 21.0 Å². The van der Waals surface area contributed by atoms with Crippen LogP contribution in [0.5, 0.6) is 11.5 Å². The topological polar surface area (TPSA) is 363 Å². The van der Waals surface area contributed by atoms with Crippen molar-refractivity contribution in [3.63, 3.8) is 0 Å². The number of esters is 3. The largest absolute Gasteiger partial charge is 0.513 e. The SMILES string of the molecule is C[C@@]1(COC(=O)Oc2ccc([N+](=O)[O-])cc2)CC2/C(=C\c3cc(C(=O)Oc4ccc([N+](=O)[O-])cc4)ccn3)C(=O)N2[C@H]1C(=O)OC(c1ccccc1)c1ccccc1.C[C@@]1(COC(N)=O)CC2/C(=C\c3cc(C(N)=O)ccn3)C(=O)N2[C@H]1C(=O)OC(c1ccccc1)c1ccccc1. The minimum Gasteiger partial charge on any atom is -0.451 e. The highest BCUT2D eigenvalue weighted by atomic mass is 16.7. The van der Waals surface area contributed by atoms with Gasteiger partial charge in [0, 0.05) is 64.2 Å². The summed E-state index contributed by atoms with van der Waals surface area (Å²) in [7, 11) is 0. The minimum absolute atomic E-state index is 0.00716. The summed E-state index contributed by atoms with van der Waals surface area (Å²) in [5.74, 6) is -3.55. The van der Waals surface area contributed by atoms with Crippen molar-refractivity contribution >= 4 is 71.4 Å². The first-order valence-electron chi connectivity index (χ1n) is 30.5. The molecule has 4 aliphatic rings. The lowest BCUT2D eigenvalue weighted by Gasteiger charge is -2.41. The fourth-order valence-corrected chi connectivity index (χ4v) is 12.4. The van der Waals surface area contributed by atoms with Gasteiger partial charge in [-0.25, -0.2) is 24.0 Å². The van der Waals surface area contributed by atoms with Crippen molar-refractivity contribution < 1.29 is 76.6 Å². The second kappa shape index (κ2) is 28.5. The van der Waals surface area contributed by atoms with Gasteiger partial charge in [0.1, 0.15) is 36.8 Å². The van der Waals surface area contributed by atoms with E-state index in [1.54, 1.807) is 19.9 Å². The smallest absolute Gasteiger partial charge is 0.451 e. The molecule has 6 atom stereocenters. The average Bonchev–Trinajstić information content (AvgIpc) is 1.55. The van der Waals surface area contributed by atoms with E-state index in [2.05, 4.69) is 9.97 Å². The molecular weight excluding hydrogens is 1260 g/mol. The summed E-state index contributed by atoms with van der Waals surface area (Å²) in [4.78, 5) is 137. The molecule has 6 heterocycles. The van der Waals surface area contributed by atoms with E-state index in [0.717, 1.165) is 11.1 Å². The fraction of sp³-hybridized carbons (Fsp3) is 0.194. The Morgan fingerprint density at radius 2 is 0.898 bits per heavy atom. The minimum atomic E-state index is -1.22. The van der Waals surface area contributed by atoms with Crippen molar-refractivity contribution in [3.05, 3.63) is 283 Å². The zero-order valence-electron chi connectivity index (χ0n) is 52.3. The molecule has 4 amide bonds. The Kier molecular flexibility index (Phi) is 19.4. The van der Waals surface area contributed by atoms with Crippen LogP contribution in [0.15, 0.2) is 218 Å². The Balaban J connectivity index is 0.000000212. The standard InChI is InChI=1S/C42H32N4O12.C30H28N4O6/c1-42(25-55-41(50)57-33-18-14-31(15-19-33)46(53)54)24-35-34(23-29-22-28(20-21-43-29)39(48)56-32-16-12-30(13-17-32)45(51)52)38(47)44(35)37(42)40(49)58-36(26-8-4-2-5-9-26)27-10-6-3-7-11-27;1-30(17-39-29(32)38)16-23-22(15-21-14-20(26(31)35)12-13-33-21)27(36)34(23)25(30)28(37)40-24(18-8-4-2-5-9-18)19-10-6-3-7-11-19/h2-23,35-37H,24-25H2,1H3;2-15,23-25H,16-17H2,1H3,(H2,31,35)(H2,32,38)/b34-23+;22-15+/t35?,37-,42-;23?,25-,30-/m00/s1. The predicted molar refractivity (Wildman–Crippen MR) is 348 cm³/mol. The van der Waals surface area contributed by atoms with Crippen LogP contribution in [0.1, 0.15) is 93.3 Å². The number of nitro groups is 2. The summed E-state index contributed by atoms with van der Waals surface area (Å²) < 4.78 is 33.6. The third kappa shape index (κ3) is 14.5. The summed E-state index contributed by atoms with van der Waals surface area (Å²) in [6, 6.07) is 49.0. The Bertz CT molecular complexity index is 4390. The highest BCUT2D eigenvalue weighted by Gasteiger charge is 2.65. The maximum atomic E-state index is 14.4. The lowest BCUT2D eigenvalue weighted by atomic mass is 9.81. The van der Waals surface area contributed by atoms with Gasteiger partial charge in [-0.2, -0.15) is 0 Å². The number of hydrogen-bond donors (Lipinski definition) is 2. The molecule has 6 aromatic carbocycles. The third-order valence-electron chi connectivity index (χ3n) is 17.1. The van der Waals surface area contributed by atoms with Gasteiger partial charge >= 0.3 is 30.2 Å². The molecule has 496 valence electrons. The zero-order chi connectivity index (χ0) is 69.4. The number of carbonyl (C=O) groups excluding carboxylic acids is 8. The van der Waals surface area contributed by atoms with Gasteiger partial charge in [0.25, 0.3) is 23.2 Å². The first kappa shape index (κ1) is 66.7. The van der Waals surface area contributed by atoms with E-state index in [-0.39, 0.29) is 70.8 Å². The molecule has 4 saturated heterocycles. The molecule has 2 unspecified atom stereocenters. The summed E-state index contributed by atoms with van der Waals surface area (Å²) in [5.41, 5.74) is 12.6. The van der Waals surface area contributed by atoms with E-state index < -0.39 is 99.0 Å². The van der Waals surface area contributed by atoms with Crippen LogP contribution in [-0.4, -0.2) is 115 Å². The second-order valence-electron chi connectivity index (χ2n) is 23.9. The van der Waals surface area contributed by atoms with Gasteiger partial charge in [-0.15, -0.1) is 0 Å². The van der Waals surface area contributed by atoms with Crippen LogP contribution in [0, 0.1) is 31.1 Å². The number of rotatable bonds is 20. The highest BCUT2D eigenvalue weighted by molar-refractivity contribution is 6.09. The van der Waals surface area contributed by atoms with Crippen molar-refractivity contribution in [2.75, 3.05) is 13.2 Å². The molecule has 4 fully saturated rings. The fourth-order valence-electron chi connectivity index (χ4n) is 12.4. The summed E-state index contributed by atoms with van der Waals surface area (Å²) >= 11 is 0. The zero-order valence-corrected chi connectivity index (χ0v) is 52.3. The normalized spacial score (nSPS) is 20.3. The van der Waals surface area contributed by atoms with Gasteiger partial charge < -0.3 is 49.7 Å². The van der Waals surface area contributed by atoms with Crippen LogP contribution in [0.2, 0.25) is 0 Å². The van der Waals surface area contributed by atoms with Crippen LogP contribution in [0.3, 0.4) is 0 Å². The van der Waals surface area contributed by atoms with E-state index >= 15 is 0 Å². The molecule has 0 bridgehead atoms.